The number of esters is 1. The van der Waals surface area contributed by atoms with Crippen LogP contribution < -0.4 is 5.32 Å². The van der Waals surface area contributed by atoms with Crippen molar-refractivity contribution < 1.29 is 23.9 Å². The monoisotopic (exact) mass is 538 g/mol. The Kier molecular flexibility index (Phi) is 8.67. The highest BCUT2D eigenvalue weighted by molar-refractivity contribution is 6.03. The SMILES string of the molecule is CCOC(=O)[C@@H]1CCCN(C(=O)[C@H](CC(C)C)N2CC3=C(C2=O)[C@@H](c2ccc(C)cc2C)NC(=O)N3CC)C1. The summed E-state index contributed by atoms with van der Waals surface area (Å²) in [6.45, 7) is 13.5. The lowest BCUT2D eigenvalue weighted by molar-refractivity contribution is -0.153. The highest BCUT2D eigenvalue weighted by atomic mass is 16.5. The average molecular weight is 539 g/mol. The molecule has 1 fully saturated rings. The van der Waals surface area contributed by atoms with E-state index in [2.05, 4.69) is 5.32 Å². The van der Waals surface area contributed by atoms with Gasteiger partial charge in [-0.2, -0.15) is 0 Å². The van der Waals surface area contributed by atoms with Gasteiger partial charge in [-0.05, 0) is 64.0 Å². The lowest BCUT2D eigenvalue weighted by Crippen LogP contribution is -2.53. The molecular formula is C30H42N4O5. The number of likely N-dealkylation sites (tertiary alicyclic amines) is 1. The summed E-state index contributed by atoms with van der Waals surface area (Å²) in [7, 11) is 0. The van der Waals surface area contributed by atoms with Crippen LogP contribution in [0.4, 0.5) is 4.79 Å². The third-order valence-corrected chi connectivity index (χ3v) is 8.01. The Hall–Kier alpha value is -3.36. The number of urea groups is 1. The number of hydrogen-bond acceptors (Lipinski definition) is 5. The highest BCUT2D eigenvalue weighted by Gasteiger charge is 2.48. The van der Waals surface area contributed by atoms with Gasteiger partial charge in [0.05, 0.1) is 36.4 Å². The Morgan fingerprint density at radius 3 is 2.54 bits per heavy atom. The van der Waals surface area contributed by atoms with Gasteiger partial charge >= 0.3 is 12.0 Å². The van der Waals surface area contributed by atoms with E-state index in [9.17, 15) is 19.2 Å². The fourth-order valence-corrected chi connectivity index (χ4v) is 6.13. The molecule has 3 atom stereocenters. The molecule has 3 aliphatic heterocycles. The minimum Gasteiger partial charge on any atom is -0.466 e. The molecule has 0 radical (unpaired) electrons. The number of ether oxygens (including phenoxy) is 1. The molecule has 1 saturated heterocycles. The maximum absolute atomic E-state index is 14.2. The third-order valence-electron chi connectivity index (χ3n) is 8.01. The van der Waals surface area contributed by atoms with Gasteiger partial charge in [0.1, 0.15) is 6.04 Å². The van der Waals surface area contributed by atoms with Gasteiger partial charge in [-0.3, -0.25) is 19.3 Å². The van der Waals surface area contributed by atoms with Crippen molar-refractivity contribution in [1.29, 1.82) is 0 Å². The van der Waals surface area contributed by atoms with Crippen LogP contribution in [0.15, 0.2) is 29.5 Å². The topological polar surface area (TPSA) is 99.3 Å². The number of nitrogens with one attached hydrogen (secondary N) is 1. The van der Waals surface area contributed by atoms with E-state index in [1.165, 1.54) is 0 Å². The van der Waals surface area contributed by atoms with Gasteiger partial charge in [-0.15, -0.1) is 0 Å². The molecule has 0 aromatic heterocycles. The summed E-state index contributed by atoms with van der Waals surface area (Å²) in [4.78, 5) is 58.8. The fourth-order valence-electron chi connectivity index (χ4n) is 6.13. The second-order valence-electron chi connectivity index (χ2n) is 11.3. The first kappa shape index (κ1) is 28.6. The molecule has 3 aliphatic rings. The first-order valence-corrected chi connectivity index (χ1v) is 14.2. The minimum absolute atomic E-state index is 0.142. The van der Waals surface area contributed by atoms with Crippen LogP contribution in [-0.2, 0) is 19.1 Å². The van der Waals surface area contributed by atoms with E-state index in [-0.39, 0.29) is 42.2 Å². The predicted molar refractivity (Wildman–Crippen MR) is 147 cm³/mol. The molecule has 0 unspecified atom stereocenters. The van der Waals surface area contributed by atoms with Gasteiger partial charge < -0.3 is 19.9 Å². The minimum atomic E-state index is -0.683. The summed E-state index contributed by atoms with van der Waals surface area (Å²) in [6, 6.07) is 4.50. The molecular weight excluding hydrogens is 496 g/mol. The summed E-state index contributed by atoms with van der Waals surface area (Å²) in [5, 5.41) is 3.05. The number of amides is 4. The molecule has 0 spiro atoms. The first-order chi connectivity index (χ1) is 18.6. The molecule has 1 aromatic carbocycles. The van der Waals surface area contributed by atoms with E-state index >= 15 is 0 Å². The summed E-state index contributed by atoms with van der Waals surface area (Å²) in [5.74, 6) is -0.826. The quantitative estimate of drug-likeness (QED) is 0.509. The Bertz CT molecular complexity index is 1180. The molecule has 1 N–H and O–H groups in total. The predicted octanol–water partition coefficient (Wildman–Crippen LogP) is 3.70. The average Bonchev–Trinajstić information content (AvgIpc) is 3.23. The lowest BCUT2D eigenvalue weighted by atomic mass is 9.91. The van der Waals surface area contributed by atoms with Gasteiger partial charge in [-0.25, -0.2) is 4.79 Å². The maximum Gasteiger partial charge on any atom is 0.322 e. The molecule has 1 aromatic rings. The Balaban J connectivity index is 1.66. The Morgan fingerprint density at radius 2 is 1.90 bits per heavy atom. The van der Waals surface area contributed by atoms with Crippen molar-refractivity contribution in [2.24, 2.45) is 11.8 Å². The summed E-state index contributed by atoms with van der Waals surface area (Å²) in [6.07, 6.45) is 1.89. The fraction of sp³-hybridized carbons (Fsp3) is 0.600. The smallest absolute Gasteiger partial charge is 0.322 e. The zero-order chi connectivity index (χ0) is 28.4. The van der Waals surface area contributed by atoms with Crippen molar-refractivity contribution in [2.75, 3.05) is 32.8 Å². The molecule has 39 heavy (non-hydrogen) atoms. The van der Waals surface area contributed by atoms with Crippen molar-refractivity contribution >= 4 is 23.8 Å². The second-order valence-corrected chi connectivity index (χ2v) is 11.3. The van der Waals surface area contributed by atoms with Crippen LogP contribution in [0, 0.1) is 25.7 Å². The van der Waals surface area contributed by atoms with Crippen molar-refractivity contribution in [2.45, 2.75) is 72.9 Å². The zero-order valence-corrected chi connectivity index (χ0v) is 24.1. The van der Waals surface area contributed by atoms with Crippen molar-refractivity contribution in [1.82, 2.24) is 20.0 Å². The van der Waals surface area contributed by atoms with E-state index in [0.29, 0.717) is 56.8 Å². The number of carbonyl (C=O) groups is 4. The summed E-state index contributed by atoms with van der Waals surface area (Å²) in [5.41, 5.74) is 4.19. The second kappa shape index (κ2) is 11.8. The van der Waals surface area contributed by atoms with Crippen LogP contribution in [0.5, 0.6) is 0 Å². The first-order valence-electron chi connectivity index (χ1n) is 14.2. The maximum atomic E-state index is 14.2. The van der Waals surface area contributed by atoms with E-state index in [1.807, 2.05) is 52.8 Å². The molecule has 0 saturated carbocycles. The number of nitrogens with zero attached hydrogens (tertiary/aromatic N) is 3. The normalized spacial score (nSPS) is 22.3. The molecule has 9 heteroatoms. The van der Waals surface area contributed by atoms with E-state index in [1.54, 1.807) is 21.6 Å². The van der Waals surface area contributed by atoms with Gasteiger partial charge in [0.15, 0.2) is 0 Å². The molecule has 9 nitrogen and oxygen atoms in total. The number of benzene rings is 1. The molecule has 4 amide bonds. The largest absolute Gasteiger partial charge is 0.466 e. The number of aryl methyl sites for hydroxylation is 2. The molecule has 212 valence electrons. The Labute approximate surface area is 231 Å². The van der Waals surface area contributed by atoms with Crippen molar-refractivity contribution in [3.05, 3.63) is 46.2 Å². The molecule has 0 bridgehead atoms. The van der Waals surface area contributed by atoms with Gasteiger partial charge in [0, 0.05) is 19.6 Å². The van der Waals surface area contributed by atoms with E-state index < -0.39 is 12.1 Å². The summed E-state index contributed by atoms with van der Waals surface area (Å²) >= 11 is 0. The van der Waals surface area contributed by atoms with Gasteiger partial charge in [0.2, 0.25) is 5.91 Å². The van der Waals surface area contributed by atoms with Crippen LogP contribution in [-0.4, -0.2) is 77.3 Å². The van der Waals surface area contributed by atoms with Crippen molar-refractivity contribution in [3.8, 4) is 0 Å². The molecule has 3 heterocycles. The lowest BCUT2D eigenvalue weighted by Gasteiger charge is -2.37. The zero-order valence-electron chi connectivity index (χ0n) is 24.1. The third kappa shape index (κ3) is 5.68. The molecule has 0 aliphatic carbocycles. The van der Waals surface area contributed by atoms with E-state index in [4.69, 9.17) is 4.74 Å². The van der Waals surface area contributed by atoms with Crippen LogP contribution in [0.1, 0.15) is 69.7 Å². The van der Waals surface area contributed by atoms with Crippen molar-refractivity contribution in [3.63, 3.8) is 0 Å². The Morgan fingerprint density at radius 1 is 1.15 bits per heavy atom. The number of carbonyl (C=O) groups excluding carboxylic acids is 4. The van der Waals surface area contributed by atoms with Gasteiger partial charge in [-0.1, -0.05) is 37.6 Å². The molecule has 4 rings (SSSR count). The number of rotatable bonds is 8. The van der Waals surface area contributed by atoms with Crippen LogP contribution in [0.3, 0.4) is 0 Å². The summed E-state index contributed by atoms with van der Waals surface area (Å²) < 4.78 is 5.23. The van der Waals surface area contributed by atoms with Crippen LogP contribution >= 0.6 is 0 Å². The number of likely N-dealkylation sites (N-methyl/N-ethyl adjacent to an activating group) is 1. The van der Waals surface area contributed by atoms with Crippen LogP contribution in [0.2, 0.25) is 0 Å². The van der Waals surface area contributed by atoms with Gasteiger partial charge in [0.25, 0.3) is 5.91 Å². The number of hydrogen-bond donors (Lipinski definition) is 1. The standard InChI is InChI=1S/C30H42N4O5/c1-7-33-24-17-34(28(36)25(24)26(31-30(33)38)22-12-11-19(5)15-20(22)6)23(14-18(3)4)27(35)32-13-9-10-21(16-32)29(37)39-8-2/h11-12,15,18,21,23,26H,7-10,13-14,16-17H2,1-6H3,(H,31,38)/t21-,23+,26-/m1/s1. The number of piperidine rings is 1. The van der Waals surface area contributed by atoms with Crippen LogP contribution in [0.25, 0.3) is 0 Å². The highest BCUT2D eigenvalue weighted by Crippen LogP contribution is 2.39. The van der Waals surface area contributed by atoms with E-state index in [0.717, 1.165) is 16.7 Å².